The van der Waals surface area contributed by atoms with Crippen LogP contribution < -0.4 is 14.8 Å². The monoisotopic (exact) mass is 360 g/mol. The highest BCUT2D eigenvalue weighted by atomic mass is 16.7. The third-order valence-corrected chi connectivity index (χ3v) is 3.70. The average Bonchev–Trinajstić information content (AvgIpc) is 2.68. The number of amides is 2. The number of carbonyl (C=O) groups excluding carboxylic acids is 1. The summed E-state index contributed by atoms with van der Waals surface area (Å²) in [5, 5.41) is 2.81. The van der Waals surface area contributed by atoms with Crippen LogP contribution in [0.15, 0.2) is 48.5 Å². The number of likely N-dealkylation sites (N-methyl/N-ethyl adjacent to an activating group) is 1. The Labute approximate surface area is 153 Å². The van der Waals surface area contributed by atoms with Gasteiger partial charge in [-0.2, -0.15) is 0 Å². The van der Waals surface area contributed by atoms with Crippen LogP contribution in [0.1, 0.15) is 0 Å². The Bertz CT molecular complexity index is 684. The van der Waals surface area contributed by atoms with E-state index < -0.39 is 6.29 Å². The Morgan fingerprint density at radius 2 is 1.42 bits per heavy atom. The predicted octanol–water partition coefficient (Wildman–Crippen LogP) is 3.57. The van der Waals surface area contributed by atoms with Gasteiger partial charge < -0.3 is 29.2 Å². The first kappa shape index (κ1) is 19.6. The van der Waals surface area contributed by atoms with Crippen LogP contribution in [0.25, 0.3) is 0 Å². The molecular weight excluding hydrogens is 336 g/mol. The second kappa shape index (κ2) is 9.65. The van der Waals surface area contributed by atoms with Crippen molar-refractivity contribution in [2.45, 2.75) is 6.29 Å². The fourth-order valence-corrected chi connectivity index (χ4v) is 2.16. The lowest BCUT2D eigenvalue weighted by molar-refractivity contribution is -0.108. The lowest BCUT2D eigenvalue weighted by atomic mass is 10.3. The lowest BCUT2D eigenvalue weighted by Gasteiger charge is -2.22. The molecule has 0 heterocycles. The molecule has 1 N–H and O–H groups in total. The SMILES string of the molecule is COc1ccc(Oc2ccc(NC(=O)N(C)CC(OC)OC)cc2)cc1. The minimum Gasteiger partial charge on any atom is -0.497 e. The van der Waals surface area contributed by atoms with E-state index in [1.807, 2.05) is 24.3 Å². The van der Waals surface area contributed by atoms with E-state index in [9.17, 15) is 4.79 Å². The minimum atomic E-state index is -0.467. The summed E-state index contributed by atoms with van der Waals surface area (Å²) in [5.74, 6) is 2.14. The fourth-order valence-electron chi connectivity index (χ4n) is 2.16. The predicted molar refractivity (Wildman–Crippen MR) is 99.0 cm³/mol. The molecular formula is C19H24N2O5. The van der Waals surface area contributed by atoms with E-state index >= 15 is 0 Å². The summed E-state index contributed by atoms with van der Waals surface area (Å²) in [4.78, 5) is 13.7. The summed E-state index contributed by atoms with van der Waals surface area (Å²) in [6, 6.07) is 14.2. The van der Waals surface area contributed by atoms with E-state index in [1.54, 1.807) is 38.4 Å². The van der Waals surface area contributed by atoms with Crippen LogP contribution >= 0.6 is 0 Å². The number of carbonyl (C=O) groups is 1. The van der Waals surface area contributed by atoms with Crippen molar-refractivity contribution in [1.82, 2.24) is 4.90 Å². The zero-order chi connectivity index (χ0) is 18.9. The van der Waals surface area contributed by atoms with Gasteiger partial charge >= 0.3 is 6.03 Å². The molecule has 0 saturated heterocycles. The molecule has 0 radical (unpaired) electrons. The van der Waals surface area contributed by atoms with Crippen molar-refractivity contribution in [1.29, 1.82) is 0 Å². The Kier molecular flexibility index (Phi) is 7.25. The van der Waals surface area contributed by atoms with Gasteiger partial charge in [-0.3, -0.25) is 0 Å². The zero-order valence-electron chi connectivity index (χ0n) is 15.4. The molecule has 0 aliphatic rings. The molecule has 26 heavy (non-hydrogen) atoms. The molecule has 7 heteroatoms. The van der Waals surface area contributed by atoms with Gasteiger partial charge in [0.2, 0.25) is 0 Å². The molecule has 0 saturated carbocycles. The van der Waals surface area contributed by atoms with Crippen molar-refractivity contribution in [2.24, 2.45) is 0 Å². The van der Waals surface area contributed by atoms with Crippen molar-refractivity contribution >= 4 is 11.7 Å². The molecule has 7 nitrogen and oxygen atoms in total. The lowest BCUT2D eigenvalue weighted by Crippen LogP contribution is -2.38. The number of benzene rings is 2. The van der Waals surface area contributed by atoms with Crippen LogP contribution in [0.2, 0.25) is 0 Å². The molecule has 0 bridgehead atoms. The molecule has 0 fully saturated rings. The number of methoxy groups -OCH3 is 3. The number of nitrogens with one attached hydrogen (secondary N) is 1. The normalized spacial score (nSPS) is 10.5. The van der Waals surface area contributed by atoms with Gasteiger partial charge in [0.1, 0.15) is 17.2 Å². The number of rotatable bonds is 8. The van der Waals surface area contributed by atoms with Gasteiger partial charge in [0.25, 0.3) is 0 Å². The van der Waals surface area contributed by atoms with Gasteiger partial charge in [-0.1, -0.05) is 0 Å². The van der Waals surface area contributed by atoms with Gasteiger partial charge in [0.15, 0.2) is 6.29 Å². The highest BCUT2D eigenvalue weighted by Gasteiger charge is 2.14. The molecule has 2 aromatic rings. The quantitative estimate of drug-likeness (QED) is 0.729. The Balaban J connectivity index is 1.90. The van der Waals surface area contributed by atoms with E-state index in [4.69, 9.17) is 18.9 Å². The third kappa shape index (κ3) is 5.65. The van der Waals surface area contributed by atoms with Gasteiger partial charge in [0, 0.05) is 27.0 Å². The summed E-state index contributed by atoms with van der Waals surface area (Å²) in [6.45, 7) is 0.317. The molecule has 140 valence electrons. The smallest absolute Gasteiger partial charge is 0.321 e. The third-order valence-electron chi connectivity index (χ3n) is 3.70. The van der Waals surface area contributed by atoms with E-state index in [1.165, 1.54) is 19.1 Å². The van der Waals surface area contributed by atoms with Gasteiger partial charge in [-0.15, -0.1) is 0 Å². The highest BCUT2D eigenvalue weighted by Crippen LogP contribution is 2.25. The molecule has 2 aromatic carbocycles. The van der Waals surface area contributed by atoms with Crippen LogP contribution in [-0.2, 0) is 9.47 Å². The first-order valence-electron chi connectivity index (χ1n) is 8.05. The Morgan fingerprint density at radius 1 is 0.923 bits per heavy atom. The van der Waals surface area contributed by atoms with Gasteiger partial charge in [-0.25, -0.2) is 4.79 Å². The van der Waals surface area contributed by atoms with Gasteiger partial charge in [-0.05, 0) is 48.5 Å². The van der Waals surface area contributed by atoms with Crippen molar-refractivity contribution in [3.63, 3.8) is 0 Å². The van der Waals surface area contributed by atoms with Crippen LogP contribution in [0.4, 0.5) is 10.5 Å². The number of nitrogens with zero attached hydrogens (tertiary/aromatic N) is 1. The standard InChI is InChI=1S/C19H24N2O5/c1-21(13-18(24-3)25-4)19(22)20-14-5-7-16(8-6-14)26-17-11-9-15(23-2)10-12-17/h5-12,18H,13H2,1-4H3,(H,20,22). The van der Waals surface area contributed by atoms with E-state index in [0.29, 0.717) is 23.7 Å². The van der Waals surface area contributed by atoms with Crippen LogP contribution in [0.3, 0.4) is 0 Å². The number of ether oxygens (including phenoxy) is 4. The number of urea groups is 1. The molecule has 0 aliphatic carbocycles. The average molecular weight is 360 g/mol. The molecule has 0 atom stereocenters. The maximum atomic E-state index is 12.2. The largest absolute Gasteiger partial charge is 0.497 e. The Hall–Kier alpha value is -2.77. The Morgan fingerprint density at radius 3 is 1.92 bits per heavy atom. The maximum absolute atomic E-state index is 12.2. The molecule has 2 rings (SSSR count). The summed E-state index contributed by atoms with van der Waals surface area (Å²) in [5.41, 5.74) is 0.662. The van der Waals surface area contributed by atoms with Crippen molar-refractivity contribution in [3.05, 3.63) is 48.5 Å². The van der Waals surface area contributed by atoms with Gasteiger partial charge in [0.05, 0.1) is 13.7 Å². The first-order valence-corrected chi connectivity index (χ1v) is 8.05. The molecule has 0 spiro atoms. The molecule has 2 amide bonds. The van der Waals surface area contributed by atoms with E-state index in [-0.39, 0.29) is 6.03 Å². The van der Waals surface area contributed by atoms with Crippen molar-refractivity contribution < 1.29 is 23.7 Å². The second-order valence-corrected chi connectivity index (χ2v) is 5.51. The fraction of sp³-hybridized carbons (Fsp3) is 0.316. The van der Waals surface area contributed by atoms with Crippen LogP contribution in [0, 0.1) is 0 Å². The topological polar surface area (TPSA) is 69.3 Å². The van der Waals surface area contributed by atoms with Crippen molar-refractivity contribution in [2.75, 3.05) is 40.2 Å². The minimum absolute atomic E-state index is 0.257. The summed E-state index contributed by atoms with van der Waals surface area (Å²) in [7, 11) is 6.34. The summed E-state index contributed by atoms with van der Waals surface area (Å²) in [6.07, 6.45) is -0.467. The van der Waals surface area contributed by atoms with Crippen LogP contribution in [0.5, 0.6) is 17.2 Å². The number of hydrogen-bond acceptors (Lipinski definition) is 5. The molecule has 0 aromatic heterocycles. The summed E-state index contributed by atoms with van der Waals surface area (Å²) >= 11 is 0. The molecule has 0 unspecified atom stereocenters. The van der Waals surface area contributed by atoms with Crippen molar-refractivity contribution in [3.8, 4) is 17.2 Å². The van der Waals surface area contributed by atoms with Crippen LogP contribution in [-0.4, -0.2) is 52.1 Å². The zero-order valence-corrected chi connectivity index (χ0v) is 15.4. The number of hydrogen-bond donors (Lipinski definition) is 1. The maximum Gasteiger partial charge on any atom is 0.321 e. The highest BCUT2D eigenvalue weighted by molar-refractivity contribution is 5.89. The van der Waals surface area contributed by atoms with E-state index in [2.05, 4.69) is 5.32 Å². The number of anilines is 1. The molecule has 0 aliphatic heterocycles. The summed E-state index contributed by atoms with van der Waals surface area (Å²) < 4.78 is 21.0. The second-order valence-electron chi connectivity index (χ2n) is 5.51. The first-order chi connectivity index (χ1) is 12.5. The van der Waals surface area contributed by atoms with E-state index in [0.717, 1.165) is 5.75 Å².